The van der Waals surface area contributed by atoms with Crippen molar-refractivity contribution in [3.8, 4) is 0 Å². The van der Waals surface area contributed by atoms with E-state index in [0.29, 0.717) is 5.95 Å². The molecule has 0 radical (unpaired) electrons. The Morgan fingerprint density at radius 2 is 1.83 bits per heavy atom. The van der Waals surface area contributed by atoms with Crippen molar-refractivity contribution in [2.45, 2.75) is 52.5 Å². The van der Waals surface area contributed by atoms with Crippen LogP contribution in [0.4, 0.5) is 17.6 Å². The summed E-state index contributed by atoms with van der Waals surface area (Å²) in [7, 11) is 0. The largest absolute Gasteiger partial charge is 0.370 e. The Morgan fingerprint density at radius 1 is 1.17 bits per heavy atom. The highest BCUT2D eigenvalue weighted by molar-refractivity contribution is 5.51. The van der Waals surface area contributed by atoms with E-state index in [1.807, 2.05) is 6.07 Å². The van der Waals surface area contributed by atoms with Crippen molar-refractivity contribution in [2.24, 2.45) is 0 Å². The van der Waals surface area contributed by atoms with Gasteiger partial charge in [0.05, 0.1) is 0 Å². The summed E-state index contributed by atoms with van der Waals surface area (Å²) >= 11 is 0. The van der Waals surface area contributed by atoms with Crippen LogP contribution in [0.5, 0.6) is 0 Å². The lowest BCUT2D eigenvalue weighted by Gasteiger charge is -2.26. The molecule has 0 amide bonds. The van der Waals surface area contributed by atoms with E-state index < -0.39 is 0 Å². The van der Waals surface area contributed by atoms with Crippen molar-refractivity contribution < 1.29 is 0 Å². The van der Waals surface area contributed by atoms with Crippen LogP contribution in [0.3, 0.4) is 0 Å². The molecule has 1 heterocycles. The molecule has 0 fully saturated rings. The van der Waals surface area contributed by atoms with Crippen molar-refractivity contribution in [1.82, 2.24) is 9.97 Å². The monoisotopic (exact) mass is 251 g/mol. The van der Waals surface area contributed by atoms with E-state index >= 15 is 0 Å². The summed E-state index contributed by atoms with van der Waals surface area (Å²) in [4.78, 5) is 8.39. The second-order valence-corrected chi connectivity index (χ2v) is 5.18. The highest BCUT2D eigenvalue weighted by Crippen LogP contribution is 2.20. The van der Waals surface area contributed by atoms with Gasteiger partial charge in [0.1, 0.15) is 11.6 Å². The number of nitrogens with one attached hydrogen (secondary N) is 2. The molecule has 1 rings (SSSR count). The molecule has 0 aromatic carbocycles. The zero-order valence-electron chi connectivity index (χ0n) is 11.9. The van der Waals surface area contributed by atoms with Crippen molar-refractivity contribution in [1.29, 1.82) is 0 Å². The van der Waals surface area contributed by atoms with Crippen LogP contribution in [0.1, 0.15) is 47.0 Å². The molecule has 0 unspecified atom stereocenters. The van der Waals surface area contributed by atoms with Crippen molar-refractivity contribution in [3.63, 3.8) is 0 Å². The fourth-order valence-electron chi connectivity index (χ4n) is 1.91. The predicted molar refractivity (Wildman–Crippen MR) is 77.8 cm³/mol. The maximum atomic E-state index is 5.72. The van der Waals surface area contributed by atoms with E-state index in [9.17, 15) is 0 Å². The summed E-state index contributed by atoms with van der Waals surface area (Å²) < 4.78 is 0. The summed E-state index contributed by atoms with van der Waals surface area (Å²) in [5, 5.41) is 6.63. The first-order valence-corrected chi connectivity index (χ1v) is 6.63. The summed E-state index contributed by atoms with van der Waals surface area (Å²) in [6.45, 7) is 9.49. The van der Waals surface area contributed by atoms with Gasteiger partial charge in [0.2, 0.25) is 5.95 Å². The Kier molecular flexibility index (Phi) is 5.19. The third-order valence-electron chi connectivity index (χ3n) is 2.64. The molecule has 0 bridgehead atoms. The third kappa shape index (κ3) is 4.77. The molecule has 0 aliphatic carbocycles. The highest BCUT2D eigenvalue weighted by Gasteiger charge is 2.17. The number of nitrogens with zero attached hydrogens (tertiary/aromatic N) is 2. The van der Waals surface area contributed by atoms with E-state index in [4.69, 9.17) is 5.73 Å². The number of rotatable bonds is 7. The van der Waals surface area contributed by atoms with Gasteiger partial charge in [-0.25, -0.2) is 0 Å². The van der Waals surface area contributed by atoms with Crippen LogP contribution in [0.2, 0.25) is 0 Å². The van der Waals surface area contributed by atoms with Gasteiger partial charge in [0, 0.05) is 18.2 Å². The molecule has 4 N–H and O–H groups in total. The number of hydrogen-bond acceptors (Lipinski definition) is 5. The first kappa shape index (κ1) is 14.5. The number of hydrogen-bond donors (Lipinski definition) is 3. The van der Waals surface area contributed by atoms with Crippen molar-refractivity contribution >= 4 is 17.6 Å². The zero-order valence-corrected chi connectivity index (χ0v) is 11.9. The second-order valence-electron chi connectivity index (χ2n) is 5.18. The quantitative estimate of drug-likeness (QED) is 0.694. The molecule has 0 atom stereocenters. The van der Waals surface area contributed by atoms with E-state index in [-0.39, 0.29) is 5.54 Å². The molecule has 5 nitrogen and oxygen atoms in total. The van der Waals surface area contributed by atoms with Crippen LogP contribution < -0.4 is 16.4 Å². The summed E-state index contributed by atoms with van der Waals surface area (Å²) in [5.41, 5.74) is 5.73. The molecule has 0 saturated carbocycles. The zero-order chi connectivity index (χ0) is 13.6. The van der Waals surface area contributed by atoms with Crippen LogP contribution >= 0.6 is 0 Å². The van der Waals surface area contributed by atoms with Gasteiger partial charge < -0.3 is 16.4 Å². The summed E-state index contributed by atoms with van der Waals surface area (Å²) in [5.74, 6) is 1.85. The molecular weight excluding hydrogens is 226 g/mol. The van der Waals surface area contributed by atoms with Gasteiger partial charge >= 0.3 is 0 Å². The fourth-order valence-corrected chi connectivity index (χ4v) is 1.91. The number of nitrogens with two attached hydrogens (primary N) is 1. The van der Waals surface area contributed by atoms with Gasteiger partial charge in [-0.15, -0.1) is 0 Å². The Bertz CT molecular complexity index is 376. The Morgan fingerprint density at radius 3 is 2.44 bits per heavy atom. The van der Waals surface area contributed by atoms with E-state index in [1.165, 1.54) is 0 Å². The van der Waals surface area contributed by atoms with Gasteiger partial charge in [-0.3, -0.25) is 0 Å². The second kappa shape index (κ2) is 6.42. The lowest BCUT2D eigenvalue weighted by atomic mass is 9.99. The topological polar surface area (TPSA) is 75.9 Å². The predicted octanol–water partition coefficient (Wildman–Crippen LogP) is 2.87. The van der Waals surface area contributed by atoms with Gasteiger partial charge in [-0.05, 0) is 26.7 Å². The average molecular weight is 251 g/mol. The molecule has 0 aliphatic rings. The minimum atomic E-state index is 0.0115. The van der Waals surface area contributed by atoms with Crippen molar-refractivity contribution in [2.75, 3.05) is 22.9 Å². The van der Waals surface area contributed by atoms with Crippen LogP contribution in [-0.2, 0) is 0 Å². The van der Waals surface area contributed by atoms with Gasteiger partial charge in [-0.1, -0.05) is 20.3 Å². The van der Waals surface area contributed by atoms with Crippen LogP contribution in [0.25, 0.3) is 0 Å². The smallest absolute Gasteiger partial charge is 0.223 e. The first-order valence-electron chi connectivity index (χ1n) is 6.63. The van der Waals surface area contributed by atoms with E-state index in [0.717, 1.165) is 37.4 Å². The molecule has 1 aromatic rings. The Hall–Kier alpha value is -1.52. The lowest BCUT2D eigenvalue weighted by molar-refractivity contribution is 0.509. The van der Waals surface area contributed by atoms with Gasteiger partial charge in [-0.2, -0.15) is 9.97 Å². The molecule has 18 heavy (non-hydrogen) atoms. The standard InChI is InChI=1S/C13H25N5/c1-5-7-13(3,4)18-11-9-10(15-8-6-2)16-12(14)17-11/h9H,5-8H2,1-4H3,(H4,14,15,16,17,18). The molecule has 1 aromatic heterocycles. The van der Waals surface area contributed by atoms with Crippen LogP contribution in [-0.4, -0.2) is 22.1 Å². The van der Waals surface area contributed by atoms with Crippen molar-refractivity contribution in [3.05, 3.63) is 6.07 Å². The number of anilines is 3. The minimum Gasteiger partial charge on any atom is -0.370 e. The average Bonchev–Trinajstić information content (AvgIpc) is 2.24. The normalized spacial score (nSPS) is 11.3. The summed E-state index contributed by atoms with van der Waals surface area (Å²) in [6.07, 6.45) is 3.25. The van der Waals surface area contributed by atoms with Crippen LogP contribution in [0.15, 0.2) is 6.07 Å². The maximum absolute atomic E-state index is 5.72. The molecule has 0 aliphatic heterocycles. The first-order chi connectivity index (χ1) is 8.46. The molecule has 5 heteroatoms. The summed E-state index contributed by atoms with van der Waals surface area (Å²) in [6, 6.07) is 1.91. The van der Waals surface area contributed by atoms with E-state index in [2.05, 4.69) is 48.3 Å². The number of nitrogen functional groups attached to an aromatic ring is 1. The van der Waals surface area contributed by atoms with Gasteiger partial charge in [0.25, 0.3) is 0 Å². The molecule has 102 valence electrons. The molecule has 0 spiro atoms. The van der Waals surface area contributed by atoms with E-state index in [1.54, 1.807) is 0 Å². The Labute approximate surface area is 110 Å². The molecular formula is C13H25N5. The van der Waals surface area contributed by atoms with Crippen LogP contribution in [0, 0.1) is 0 Å². The highest BCUT2D eigenvalue weighted by atomic mass is 15.1. The minimum absolute atomic E-state index is 0.0115. The van der Waals surface area contributed by atoms with Gasteiger partial charge in [0.15, 0.2) is 0 Å². The SMILES string of the molecule is CCCNc1cc(NC(C)(C)CCC)nc(N)n1. The maximum Gasteiger partial charge on any atom is 0.223 e. The molecule has 0 saturated heterocycles. The Balaban J connectivity index is 2.79. The third-order valence-corrected chi connectivity index (χ3v) is 2.64. The lowest BCUT2D eigenvalue weighted by Crippen LogP contribution is -2.31. The fraction of sp³-hybridized carbons (Fsp3) is 0.692. The number of aromatic nitrogens is 2.